The Labute approximate surface area is 167 Å². The van der Waals surface area contributed by atoms with Gasteiger partial charge in [-0.3, -0.25) is 14.5 Å². The number of nitrogens with zero attached hydrogens (tertiary/aromatic N) is 1. The lowest BCUT2D eigenvalue weighted by Gasteiger charge is -2.46. The summed E-state index contributed by atoms with van der Waals surface area (Å²) < 4.78 is 10.2. The SMILES string of the molecule is COC(=O)C12CCN(C)C(Cc3ccc(OC)cc31)C2=O.O=C(O)/C=C/C(=O)O. The number of Topliss-reactive ketones (excluding diaryl/α,β-unsaturated/α-hetero) is 1. The summed E-state index contributed by atoms with van der Waals surface area (Å²) in [5.74, 6) is -2.37. The van der Waals surface area contributed by atoms with Crippen molar-refractivity contribution in [3.05, 3.63) is 41.5 Å². The maximum absolute atomic E-state index is 12.9. The first-order chi connectivity index (χ1) is 13.7. The molecule has 2 aliphatic rings. The average Bonchev–Trinajstić information content (AvgIpc) is 2.69. The summed E-state index contributed by atoms with van der Waals surface area (Å²) in [5.41, 5.74) is 0.606. The summed E-state index contributed by atoms with van der Waals surface area (Å²) in [6.07, 6.45) is 2.20. The van der Waals surface area contributed by atoms with E-state index in [2.05, 4.69) is 0 Å². The quantitative estimate of drug-likeness (QED) is 0.421. The van der Waals surface area contributed by atoms with Gasteiger partial charge in [0.05, 0.1) is 20.3 Å². The molecule has 9 heteroatoms. The minimum absolute atomic E-state index is 0.0520. The van der Waals surface area contributed by atoms with Crippen molar-refractivity contribution in [1.82, 2.24) is 4.90 Å². The van der Waals surface area contributed by atoms with Crippen LogP contribution in [0.5, 0.6) is 5.75 Å². The lowest BCUT2D eigenvalue weighted by Crippen LogP contribution is -2.62. The predicted octanol–water partition coefficient (Wildman–Crippen LogP) is 0.647. The number of carbonyl (C=O) groups is 4. The number of carboxylic acids is 2. The highest BCUT2D eigenvalue weighted by molar-refractivity contribution is 6.13. The van der Waals surface area contributed by atoms with Crippen LogP contribution in [-0.2, 0) is 35.8 Å². The third-order valence-corrected chi connectivity index (χ3v) is 5.19. The van der Waals surface area contributed by atoms with Crippen molar-refractivity contribution in [2.75, 3.05) is 27.8 Å². The molecule has 156 valence electrons. The Hall–Kier alpha value is -3.20. The second kappa shape index (κ2) is 8.87. The molecule has 2 unspecified atom stereocenters. The molecule has 1 aromatic carbocycles. The van der Waals surface area contributed by atoms with E-state index < -0.39 is 23.3 Å². The average molecular weight is 405 g/mol. The van der Waals surface area contributed by atoms with Crippen LogP contribution < -0.4 is 4.74 Å². The van der Waals surface area contributed by atoms with Gasteiger partial charge >= 0.3 is 17.9 Å². The zero-order valence-electron chi connectivity index (χ0n) is 16.4. The van der Waals surface area contributed by atoms with Crippen LogP contribution in [0, 0.1) is 0 Å². The maximum Gasteiger partial charge on any atom is 0.328 e. The zero-order valence-corrected chi connectivity index (χ0v) is 16.4. The van der Waals surface area contributed by atoms with Gasteiger partial charge < -0.3 is 19.7 Å². The van der Waals surface area contributed by atoms with E-state index in [9.17, 15) is 19.2 Å². The van der Waals surface area contributed by atoms with Crippen molar-refractivity contribution >= 4 is 23.7 Å². The van der Waals surface area contributed by atoms with Crippen LogP contribution in [0.3, 0.4) is 0 Å². The normalized spacial score (nSPS) is 22.9. The minimum Gasteiger partial charge on any atom is -0.497 e. The topological polar surface area (TPSA) is 130 Å². The molecule has 29 heavy (non-hydrogen) atoms. The number of hydrogen-bond donors (Lipinski definition) is 2. The van der Waals surface area contributed by atoms with Crippen LogP contribution in [0.1, 0.15) is 17.5 Å². The number of ketones is 1. The van der Waals surface area contributed by atoms with Crippen molar-refractivity contribution in [3.8, 4) is 5.75 Å². The number of esters is 1. The van der Waals surface area contributed by atoms with Gasteiger partial charge in [0.15, 0.2) is 11.2 Å². The summed E-state index contributed by atoms with van der Waals surface area (Å²) in [6, 6.07) is 5.38. The van der Waals surface area contributed by atoms with Gasteiger partial charge in [0.25, 0.3) is 0 Å². The molecule has 1 aliphatic carbocycles. The van der Waals surface area contributed by atoms with E-state index in [4.69, 9.17) is 19.7 Å². The Kier molecular flexibility index (Phi) is 6.76. The molecular weight excluding hydrogens is 382 g/mol. The number of likely N-dealkylation sites (tertiary alicyclic amines) is 1. The Morgan fingerprint density at radius 1 is 1.17 bits per heavy atom. The summed E-state index contributed by atoms with van der Waals surface area (Å²) in [4.78, 5) is 46.5. The molecule has 2 N–H and O–H groups in total. The van der Waals surface area contributed by atoms with E-state index in [1.165, 1.54) is 7.11 Å². The number of carboxylic acid groups (broad SMARTS) is 2. The summed E-state index contributed by atoms with van der Waals surface area (Å²) in [5, 5.41) is 15.6. The Balaban J connectivity index is 0.000000321. The molecule has 3 rings (SSSR count). The monoisotopic (exact) mass is 405 g/mol. The second-order valence-electron chi connectivity index (χ2n) is 6.74. The molecule has 0 saturated carbocycles. The number of fused-ring (bicyclic) bond motifs is 4. The number of likely N-dealkylation sites (N-methyl/N-ethyl adjacent to an activating group) is 1. The molecule has 9 nitrogen and oxygen atoms in total. The van der Waals surface area contributed by atoms with Crippen molar-refractivity contribution in [2.24, 2.45) is 0 Å². The third-order valence-electron chi connectivity index (χ3n) is 5.19. The highest BCUT2D eigenvalue weighted by Crippen LogP contribution is 2.44. The fourth-order valence-electron chi connectivity index (χ4n) is 3.72. The Bertz CT molecular complexity index is 846. The van der Waals surface area contributed by atoms with Crippen LogP contribution in [0.15, 0.2) is 30.4 Å². The largest absolute Gasteiger partial charge is 0.497 e. The number of rotatable bonds is 4. The zero-order chi connectivity index (χ0) is 21.8. The van der Waals surface area contributed by atoms with E-state index in [0.717, 1.165) is 11.1 Å². The number of hydrogen-bond acceptors (Lipinski definition) is 7. The first-order valence-electron chi connectivity index (χ1n) is 8.81. The van der Waals surface area contributed by atoms with Crippen molar-refractivity contribution in [2.45, 2.75) is 24.3 Å². The number of methoxy groups -OCH3 is 2. The van der Waals surface area contributed by atoms with Crippen LogP contribution in [0.4, 0.5) is 0 Å². The molecule has 1 fully saturated rings. The van der Waals surface area contributed by atoms with Crippen LogP contribution in [0.2, 0.25) is 0 Å². The molecule has 2 atom stereocenters. The maximum atomic E-state index is 12.9. The van der Waals surface area contributed by atoms with Crippen LogP contribution in [-0.4, -0.2) is 72.7 Å². The molecule has 2 bridgehead atoms. The second-order valence-corrected chi connectivity index (χ2v) is 6.74. The number of piperidine rings is 1. The number of carbonyl (C=O) groups excluding carboxylic acids is 2. The van der Waals surface area contributed by atoms with Crippen molar-refractivity contribution in [1.29, 1.82) is 0 Å². The molecule has 0 aromatic heterocycles. The lowest BCUT2D eigenvalue weighted by atomic mass is 9.63. The highest BCUT2D eigenvalue weighted by Gasteiger charge is 2.57. The van der Waals surface area contributed by atoms with Gasteiger partial charge in [-0.15, -0.1) is 0 Å². The van der Waals surface area contributed by atoms with Gasteiger partial charge in [-0.2, -0.15) is 0 Å². The van der Waals surface area contributed by atoms with Crippen molar-refractivity contribution in [3.63, 3.8) is 0 Å². The number of benzene rings is 1. The molecule has 0 radical (unpaired) electrons. The minimum atomic E-state index is -1.26. The van der Waals surface area contributed by atoms with E-state index in [0.29, 0.717) is 37.3 Å². The molecule has 0 amide bonds. The number of ether oxygens (including phenoxy) is 2. The first kappa shape index (κ1) is 22.1. The molecule has 1 aromatic rings. The van der Waals surface area contributed by atoms with Crippen LogP contribution >= 0.6 is 0 Å². The Morgan fingerprint density at radius 3 is 2.31 bits per heavy atom. The number of aliphatic carboxylic acids is 2. The summed E-state index contributed by atoms with van der Waals surface area (Å²) >= 11 is 0. The molecule has 0 spiro atoms. The summed E-state index contributed by atoms with van der Waals surface area (Å²) in [6.45, 7) is 0.697. The fourth-order valence-corrected chi connectivity index (χ4v) is 3.72. The molecule has 1 saturated heterocycles. The first-order valence-corrected chi connectivity index (χ1v) is 8.81. The van der Waals surface area contributed by atoms with Gasteiger partial charge in [0, 0.05) is 18.7 Å². The van der Waals surface area contributed by atoms with Crippen molar-refractivity contribution < 1.29 is 38.9 Å². The van der Waals surface area contributed by atoms with Gasteiger partial charge in [-0.25, -0.2) is 9.59 Å². The highest BCUT2D eigenvalue weighted by atomic mass is 16.5. The van der Waals surface area contributed by atoms with E-state index >= 15 is 0 Å². The smallest absolute Gasteiger partial charge is 0.328 e. The fraction of sp³-hybridized carbons (Fsp3) is 0.400. The van der Waals surface area contributed by atoms with Gasteiger partial charge in [0.1, 0.15) is 5.75 Å². The molecule has 1 aliphatic heterocycles. The molecular formula is C20H23NO8. The summed E-state index contributed by atoms with van der Waals surface area (Å²) in [7, 11) is 4.85. The molecule has 1 heterocycles. The van der Waals surface area contributed by atoms with Crippen LogP contribution in [0.25, 0.3) is 0 Å². The van der Waals surface area contributed by atoms with E-state index in [1.54, 1.807) is 7.11 Å². The Morgan fingerprint density at radius 2 is 1.79 bits per heavy atom. The van der Waals surface area contributed by atoms with Gasteiger partial charge in [0.2, 0.25) is 0 Å². The van der Waals surface area contributed by atoms with Gasteiger partial charge in [-0.1, -0.05) is 6.07 Å². The lowest BCUT2D eigenvalue weighted by molar-refractivity contribution is -0.157. The van der Waals surface area contributed by atoms with E-state index in [1.807, 2.05) is 30.1 Å². The predicted molar refractivity (Wildman–Crippen MR) is 101 cm³/mol. The van der Waals surface area contributed by atoms with E-state index in [-0.39, 0.29) is 11.8 Å². The standard InChI is InChI=1S/C16H19NO4.C4H4O4/c1-17-7-6-16(15(19)21-3)12-9-11(20-2)5-4-10(12)8-13(17)14(16)18;5-3(6)1-2-4(7)8/h4-5,9,13H,6-8H2,1-3H3;1-2H,(H,5,6)(H,7,8)/b;2-1+. The third kappa shape index (κ3) is 4.29. The van der Waals surface area contributed by atoms with Gasteiger partial charge in [-0.05, 0) is 43.1 Å².